The monoisotopic (exact) mass is 217 g/mol. The molecule has 3 nitrogen and oxygen atoms in total. The minimum atomic E-state index is -3.20. The topological polar surface area (TPSA) is 46.2 Å². The quantitative estimate of drug-likeness (QED) is 0.787. The minimum Gasteiger partial charge on any atom is -0.208 e. The zero-order valence-corrected chi connectivity index (χ0v) is 9.73. The van der Waals surface area contributed by atoms with Gasteiger partial charge in [-0.25, -0.2) is 13.1 Å². The molecule has 1 saturated carbocycles. The van der Waals surface area contributed by atoms with Crippen molar-refractivity contribution in [2.45, 2.75) is 52.0 Å². The second-order valence-electron chi connectivity index (χ2n) is 3.86. The third-order valence-corrected chi connectivity index (χ3v) is 4.48. The van der Waals surface area contributed by atoms with E-state index in [1.165, 1.54) is 6.42 Å². The molecular formula is C10H19NO2S. The van der Waals surface area contributed by atoms with Crippen LogP contribution in [0.4, 0.5) is 0 Å². The number of hydrogen-bond donors (Lipinski definition) is 1. The van der Waals surface area contributed by atoms with Crippen LogP contribution in [-0.4, -0.2) is 14.5 Å². The molecule has 0 heterocycles. The maximum absolute atomic E-state index is 11.7. The second kappa shape index (κ2) is 4.94. The lowest BCUT2D eigenvalue weighted by molar-refractivity contribution is 0.413. The average molecular weight is 217 g/mol. The first-order valence-corrected chi connectivity index (χ1v) is 6.70. The van der Waals surface area contributed by atoms with E-state index >= 15 is 0 Å². The van der Waals surface area contributed by atoms with Crippen molar-refractivity contribution in [3.63, 3.8) is 0 Å². The fourth-order valence-corrected chi connectivity index (χ4v) is 2.86. The Bertz CT molecular complexity index is 300. The summed E-state index contributed by atoms with van der Waals surface area (Å²) in [5.74, 6) is 0. The van der Waals surface area contributed by atoms with E-state index in [1.807, 2.05) is 0 Å². The molecule has 0 aromatic heterocycles. The van der Waals surface area contributed by atoms with Gasteiger partial charge >= 0.3 is 0 Å². The van der Waals surface area contributed by atoms with Crippen molar-refractivity contribution in [3.05, 3.63) is 11.0 Å². The summed E-state index contributed by atoms with van der Waals surface area (Å²) in [5.41, 5.74) is 0. The van der Waals surface area contributed by atoms with Crippen molar-refractivity contribution in [1.29, 1.82) is 0 Å². The van der Waals surface area contributed by atoms with E-state index in [-0.39, 0.29) is 6.04 Å². The fourth-order valence-electron chi connectivity index (χ4n) is 1.69. The Hall–Kier alpha value is -0.350. The predicted octanol–water partition coefficient (Wildman–Crippen LogP) is 2.16. The molecule has 4 heteroatoms. The summed E-state index contributed by atoms with van der Waals surface area (Å²) >= 11 is 0. The van der Waals surface area contributed by atoms with E-state index in [0.29, 0.717) is 4.91 Å². The first-order chi connectivity index (χ1) is 6.56. The second-order valence-corrected chi connectivity index (χ2v) is 5.74. The highest BCUT2D eigenvalue weighted by Gasteiger charge is 2.20. The summed E-state index contributed by atoms with van der Waals surface area (Å²) in [6.07, 6.45) is 7.11. The molecule has 1 rings (SSSR count). The maximum Gasteiger partial charge on any atom is 0.236 e. The SMILES string of the molecule is C/C=C(\C)S(=O)(=O)NC1CCCCC1. The van der Waals surface area contributed by atoms with E-state index in [4.69, 9.17) is 0 Å². The molecule has 0 atom stereocenters. The molecule has 82 valence electrons. The highest BCUT2D eigenvalue weighted by molar-refractivity contribution is 7.93. The number of rotatable bonds is 3. The predicted molar refractivity (Wildman–Crippen MR) is 58.4 cm³/mol. The van der Waals surface area contributed by atoms with Gasteiger partial charge in [0.2, 0.25) is 10.0 Å². The molecule has 0 amide bonds. The molecule has 14 heavy (non-hydrogen) atoms. The van der Waals surface area contributed by atoms with Crippen molar-refractivity contribution in [1.82, 2.24) is 4.72 Å². The highest BCUT2D eigenvalue weighted by Crippen LogP contribution is 2.19. The maximum atomic E-state index is 11.7. The van der Waals surface area contributed by atoms with E-state index in [0.717, 1.165) is 25.7 Å². The van der Waals surface area contributed by atoms with Gasteiger partial charge in [0.05, 0.1) is 4.91 Å². The number of hydrogen-bond acceptors (Lipinski definition) is 2. The van der Waals surface area contributed by atoms with Crippen LogP contribution in [0.5, 0.6) is 0 Å². The molecule has 1 aliphatic carbocycles. The number of allylic oxidation sites excluding steroid dienone is 2. The van der Waals surface area contributed by atoms with Gasteiger partial charge in [-0.3, -0.25) is 0 Å². The average Bonchev–Trinajstić information content (AvgIpc) is 2.17. The molecule has 0 radical (unpaired) electrons. The molecule has 0 aromatic rings. The molecule has 1 aliphatic rings. The molecule has 0 bridgehead atoms. The summed E-state index contributed by atoms with van der Waals surface area (Å²) in [6.45, 7) is 3.38. The Morgan fingerprint density at radius 2 is 1.86 bits per heavy atom. The van der Waals surface area contributed by atoms with Crippen LogP contribution in [0.25, 0.3) is 0 Å². The van der Waals surface area contributed by atoms with Gasteiger partial charge < -0.3 is 0 Å². The van der Waals surface area contributed by atoms with Crippen molar-refractivity contribution >= 4 is 10.0 Å². The molecule has 0 aliphatic heterocycles. The van der Waals surface area contributed by atoms with Crippen LogP contribution in [0.3, 0.4) is 0 Å². The van der Waals surface area contributed by atoms with Crippen molar-refractivity contribution in [2.75, 3.05) is 0 Å². The summed E-state index contributed by atoms with van der Waals surface area (Å²) in [6, 6.07) is 0.156. The smallest absolute Gasteiger partial charge is 0.208 e. The van der Waals surface area contributed by atoms with Crippen LogP contribution in [0.1, 0.15) is 46.0 Å². The van der Waals surface area contributed by atoms with Crippen LogP contribution < -0.4 is 4.72 Å². The van der Waals surface area contributed by atoms with Gasteiger partial charge in [-0.2, -0.15) is 0 Å². The Morgan fingerprint density at radius 3 is 2.36 bits per heavy atom. The Morgan fingerprint density at radius 1 is 1.29 bits per heavy atom. The lowest BCUT2D eigenvalue weighted by Gasteiger charge is -2.22. The van der Waals surface area contributed by atoms with Gasteiger partial charge in [0, 0.05) is 6.04 Å². The van der Waals surface area contributed by atoms with Gasteiger partial charge in [0.25, 0.3) is 0 Å². The standard InChI is InChI=1S/C10H19NO2S/c1-3-9(2)14(12,13)11-10-7-5-4-6-8-10/h3,10-11H,4-8H2,1-2H3/b9-3+. The third kappa shape index (κ3) is 3.10. The van der Waals surface area contributed by atoms with Crippen molar-refractivity contribution in [3.8, 4) is 0 Å². The van der Waals surface area contributed by atoms with Crippen LogP contribution in [0.2, 0.25) is 0 Å². The Kier molecular flexibility index (Phi) is 4.13. The molecule has 0 saturated heterocycles. The molecule has 1 fully saturated rings. The van der Waals surface area contributed by atoms with Gasteiger partial charge in [0.15, 0.2) is 0 Å². The van der Waals surface area contributed by atoms with E-state index in [1.54, 1.807) is 19.9 Å². The lowest BCUT2D eigenvalue weighted by atomic mass is 9.96. The lowest BCUT2D eigenvalue weighted by Crippen LogP contribution is -2.36. The number of sulfonamides is 1. The molecule has 0 unspecified atom stereocenters. The fraction of sp³-hybridized carbons (Fsp3) is 0.800. The Labute approximate surface area is 86.6 Å². The molecule has 0 spiro atoms. The van der Waals surface area contributed by atoms with Gasteiger partial charge in [-0.1, -0.05) is 25.3 Å². The summed E-state index contributed by atoms with van der Waals surface area (Å²) in [4.78, 5) is 0.420. The highest BCUT2D eigenvalue weighted by atomic mass is 32.2. The van der Waals surface area contributed by atoms with E-state index in [2.05, 4.69) is 4.72 Å². The molecular weight excluding hydrogens is 198 g/mol. The molecule has 1 N–H and O–H groups in total. The van der Waals surface area contributed by atoms with E-state index < -0.39 is 10.0 Å². The van der Waals surface area contributed by atoms with Crippen molar-refractivity contribution < 1.29 is 8.42 Å². The van der Waals surface area contributed by atoms with Crippen molar-refractivity contribution in [2.24, 2.45) is 0 Å². The van der Waals surface area contributed by atoms with Gasteiger partial charge in [-0.05, 0) is 26.7 Å². The zero-order chi connectivity index (χ0) is 10.6. The Balaban J connectivity index is 2.58. The third-order valence-electron chi connectivity index (χ3n) is 2.76. The number of nitrogens with one attached hydrogen (secondary N) is 1. The van der Waals surface area contributed by atoms with Crippen LogP contribution in [0, 0.1) is 0 Å². The van der Waals surface area contributed by atoms with Crippen LogP contribution in [0.15, 0.2) is 11.0 Å². The summed E-state index contributed by atoms with van der Waals surface area (Å²) in [7, 11) is -3.20. The van der Waals surface area contributed by atoms with Gasteiger partial charge in [-0.15, -0.1) is 0 Å². The van der Waals surface area contributed by atoms with E-state index in [9.17, 15) is 8.42 Å². The first kappa shape index (κ1) is 11.7. The summed E-state index contributed by atoms with van der Waals surface area (Å²) in [5, 5.41) is 0. The van der Waals surface area contributed by atoms with Gasteiger partial charge in [0.1, 0.15) is 0 Å². The molecule has 0 aromatic carbocycles. The van der Waals surface area contributed by atoms with Crippen LogP contribution >= 0.6 is 0 Å². The largest absolute Gasteiger partial charge is 0.236 e. The minimum absolute atomic E-state index is 0.156. The van der Waals surface area contributed by atoms with Crippen LogP contribution in [-0.2, 0) is 10.0 Å². The normalized spacial score (nSPS) is 21.1. The zero-order valence-electron chi connectivity index (χ0n) is 8.91. The summed E-state index contributed by atoms with van der Waals surface area (Å²) < 4.78 is 26.1. The first-order valence-electron chi connectivity index (χ1n) is 5.21.